The summed E-state index contributed by atoms with van der Waals surface area (Å²) in [6.45, 7) is 6.35. The number of aromatic hydroxyl groups is 1. The van der Waals surface area contributed by atoms with Gasteiger partial charge >= 0.3 is 0 Å². The summed E-state index contributed by atoms with van der Waals surface area (Å²) in [5.74, 6) is 0.196. The summed E-state index contributed by atoms with van der Waals surface area (Å²) in [5, 5.41) is 9.59. The van der Waals surface area contributed by atoms with Gasteiger partial charge in [-0.25, -0.2) is 0 Å². The molecule has 0 aromatic heterocycles. The van der Waals surface area contributed by atoms with E-state index in [2.05, 4.69) is 20.8 Å². The Kier molecular flexibility index (Phi) is 6.19. The van der Waals surface area contributed by atoms with Crippen LogP contribution in [0, 0.1) is 0 Å². The molecule has 1 N–H and O–H groups in total. The van der Waals surface area contributed by atoms with Crippen LogP contribution in [0.2, 0.25) is 0 Å². The molecule has 4 nitrogen and oxygen atoms in total. The van der Waals surface area contributed by atoms with E-state index in [9.17, 15) is 14.7 Å². The number of rotatable bonds is 7. The van der Waals surface area contributed by atoms with Crippen molar-refractivity contribution in [1.82, 2.24) is 0 Å². The molecule has 138 valence electrons. The maximum absolute atomic E-state index is 12.3. The molecule has 2 rings (SSSR count). The summed E-state index contributed by atoms with van der Waals surface area (Å²) in [7, 11) is 1.48. The summed E-state index contributed by atoms with van der Waals surface area (Å²) >= 11 is 0. The summed E-state index contributed by atoms with van der Waals surface area (Å²) in [6, 6.07) is 12.5. The van der Waals surface area contributed by atoms with Crippen LogP contribution in [0.3, 0.4) is 0 Å². The molecule has 0 aliphatic carbocycles. The Morgan fingerprint density at radius 1 is 1.04 bits per heavy atom. The number of benzene rings is 2. The molecule has 0 radical (unpaired) electrons. The molecule has 26 heavy (non-hydrogen) atoms. The SMILES string of the molecule is COc1cc(CCC(=O)CC(=O)c2ccc(C(C)(C)C)cc2)ccc1O. The van der Waals surface area contributed by atoms with Gasteiger partial charge in [0.2, 0.25) is 0 Å². The van der Waals surface area contributed by atoms with Crippen molar-refractivity contribution in [1.29, 1.82) is 0 Å². The molecule has 0 bridgehead atoms. The van der Waals surface area contributed by atoms with Gasteiger partial charge in [0.25, 0.3) is 0 Å². The minimum absolute atomic E-state index is 0.0303. The molecule has 0 heterocycles. The molecule has 2 aromatic carbocycles. The van der Waals surface area contributed by atoms with Crippen LogP contribution in [0.1, 0.15) is 55.1 Å². The second-order valence-corrected chi connectivity index (χ2v) is 7.47. The summed E-state index contributed by atoms with van der Waals surface area (Å²) in [6.07, 6.45) is 0.690. The molecule has 0 saturated carbocycles. The van der Waals surface area contributed by atoms with Gasteiger partial charge in [0, 0.05) is 12.0 Å². The highest BCUT2D eigenvalue weighted by Crippen LogP contribution is 2.27. The van der Waals surface area contributed by atoms with Crippen LogP contribution in [0.5, 0.6) is 11.5 Å². The molecule has 0 aliphatic heterocycles. The molecule has 0 atom stereocenters. The van der Waals surface area contributed by atoms with Gasteiger partial charge in [0.1, 0.15) is 5.78 Å². The highest BCUT2D eigenvalue weighted by molar-refractivity contribution is 6.08. The number of phenolic OH excluding ortho intramolecular Hbond substituents is 1. The Morgan fingerprint density at radius 2 is 1.69 bits per heavy atom. The standard InChI is InChI=1S/C22H26O4/c1-22(2,3)17-9-7-16(8-10-17)20(25)14-18(23)11-5-15-6-12-19(24)21(13-15)26-4/h6-10,12-13,24H,5,11,14H2,1-4H3. The molecule has 0 saturated heterocycles. The number of carbonyl (C=O) groups excluding carboxylic acids is 2. The Bertz CT molecular complexity index is 783. The number of ether oxygens (including phenoxy) is 1. The first-order chi connectivity index (χ1) is 12.2. The van der Waals surface area contributed by atoms with E-state index < -0.39 is 0 Å². The fourth-order valence-corrected chi connectivity index (χ4v) is 2.69. The van der Waals surface area contributed by atoms with Crippen molar-refractivity contribution in [3.05, 3.63) is 59.2 Å². The van der Waals surface area contributed by atoms with Crippen LogP contribution >= 0.6 is 0 Å². The van der Waals surface area contributed by atoms with Crippen LogP contribution in [0.4, 0.5) is 0 Å². The van der Waals surface area contributed by atoms with E-state index in [0.29, 0.717) is 17.7 Å². The second kappa shape index (κ2) is 8.17. The van der Waals surface area contributed by atoms with Gasteiger partial charge in [-0.1, -0.05) is 51.1 Å². The lowest BCUT2D eigenvalue weighted by molar-refractivity contribution is -0.118. The molecule has 0 spiro atoms. The fourth-order valence-electron chi connectivity index (χ4n) is 2.69. The van der Waals surface area contributed by atoms with Gasteiger partial charge in [-0.3, -0.25) is 9.59 Å². The molecule has 0 fully saturated rings. The number of hydrogen-bond donors (Lipinski definition) is 1. The molecular formula is C22H26O4. The van der Waals surface area contributed by atoms with Crippen molar-refractivity contribution in [2.45, 2.75) is 45.4 Å². The largest absolute Gasteiger partial charge is 0.504 e. The number of methoxy groups -OCH3 is 1. The van der Waals surface area contributed by atoms with Crippen molar-refractivity contribution in [3.63, 3.8) is 0 Å². The fraction of sp³-hybridized carbons (Fsp3) is 0.364. The van der Waals surface area contributed by atoms with Crippen LogP contribution in [0.25, 0.3) is 0 Å². The maximum Gasteiger partial charge on any atom is 0.170 e. The van der Waals surface area contributed by atoms with E-state index >= 15 is 0 Å². The summed E-state index contributed by atoms with van der Waals surface area (Å²) in [4.78, 5) is 24.4. The molecular weight excluding hydrogens is 328 g/mol. The summed E-state index contributed by atoms with van der Waals surface area (Å²) < 4.78 is 5.06. The number of aryl methyl sites for hydroxylation is 1. The van der Waals surface area contributed by atoms with Gasteiger partial charge in [0.05, 0.1) is 13.5 Å². The van der Waals surface area contributed by atoms with E-state index in [-0.39, 0.29) is 35.6 Å². The molecule has 0 aliphatic rings. The average molecular weight is 354 g/mol. The maximum atomic E-state index is 12.3. The Hall–Kier alpha value is -2.62. The van der Waals surface area contributed by atoms with Crippen molar-refractivity contribution in [2.75, 3.05) is 7.11 Å². The van der Waals surface area contributed by atoms with Gasteiger partial charge in [-0.15, -0.1) is 0 Å². The number of phenols is 1. The minimum Gasteiger partial charge on any atom is -0.504 e. The first-order valence-corrected chi connectivity index (χ1v) is 8.72. The zero-order valence-corrected chi connectivity index (χ0v) is 15.8. The quantitative estimate of drug-likeness (QED) is 0.588. The normalized spacial score (nSPS) is 11.2. The zero-order valence-electron chi connectivity index (χ0n) is 15.8. The third kappa shape index (κ3) is 5.19. The number of hydrogen-bond acceptors (Lipinski definition) is 4. The lowest BCUT2D eigenvalue weighted by atomic mass is 9.86. The smallest absolute Gasteiger partial charge is 0.170 e. The van der Waals surface area contributed by atoms with E-state index in [4.69, 9.17) is 4.74 Å². The highest BCUT2D eigenvalue weighted by Gasteiger charge is 2.16. The van der Waals surface area contributed by atoms with Crippen molar-refractivity contribution in [2.24, 2.45) is 0 Å². The van der Waals surface area contributed by atoms with E-state index in [0.717, 1.165) is 11.1 Å². The lowest BCUT2D eigenvalue weighted by Gasteiger charge is -2.18. The predicted molar refractivity (Wildman–Crippen MR) is 102 cm³/mol. The van der Waals surface area contributed by atoms with E-state index in [1.165, 1.54) is 7.11 Å². The number of Topliss-reactive ketones (excluding diaryl/α,β-unsaturated/α-hetero) is 2. The van der Waals surface area contributed by atoms with Crippen LogP contribution in [-0.4, -0.2) is 23.8 Å². The third-order valence-electron chi connectivity index (χ3n) is 4.37. The van der Waals surface area contributed by atoms with Crippen LogP contribution < -0.4 is 4.74 Å². The van der Waals surface area contributed by atoms with E-state index in [1.54, 1.807) is 30.3 Å². The zero-order chi connectivity index (χ0) is 19.3. The average Bonchev–Trinajstić information content (AvgIpc) is 2.60. The Labute approximate surface area is 154 Å². The van der Waals surface area contributed by atoms with Gasteiger partial charge in [0.15, 0.2) is 17.3 Å². The Balaban J connectivity index is 1.92. The minimum atomic E-state index is -0.154. The van der Waals surface area contributed by atoms with Crippen molar-refractivity contribution >= 4 is 11.6 Å². The van der Waals surface area contributed by atoms with E-state index in [1.807, 2.05) is 12.1 Å². The predicted octanol–water partition coefficient (Wildman–Crippen LogP) is 4.47. The van der Waals surface area contributed by atoms with Gasteiger partial charge in [-0.2, -0.15) is 0 Å². The first kappa shape index (κ1) is 19.7. The Morgan fingerprint density at radius 3 is 2.27 bits per heavy atom. The molecule has 0 amide bonds. The second-order valence-electron chi connectivity index (χ2n) is 7.47. The third-order valence-corrected chi connectivity index (χ3v) is 4.37. The monoisotopic (exact) mass is 354 g/mol. The highest BCUT2D eigenvalue weighted by atomic mass is 16.5. The number of carbonyl (C=O) groups is 2. The molecule has 0 unspecified atom stereocenters. The van der Waals surface area contributed by atoms with Gasteiger partial charge < -0.3 is 9.84 Å². The van der Waals surface area contributed by atoms with Crippen LogP contribution in [0.15, 0.2) is 42.5 Å². The summed E-state index contributed by atoms with van der Waals surface area (Å²) in [5.41, 5.74) is 2.64. The van der Waals surface area contributed by atoms with Gasteiger partial charge in [-0.05, 0) is 35.1 Å². The van der Waals surface area contributed by atoms with Crippen molar-refractivity contribution in [3.8, 4) is 11.5 Å². The van der Waals surface area contributed by atoms with Crippen LogP contribution in [-0.2, 0) is 16.6 Å². The molecule has 2 aromatic rings. The molecule has 4 heteroatoms. The lowest BCUT2D eigenvalue weighted by Crippen LogP contribution is -2.12. The topological polar surface area (TPSA) is 63.6 Å². The van der Waals surface area contributed by atoms with Crippen molar-refractivity contribution < 1.29 is 19.4 Å². The first-order valence-electron chi connectivity index (χ1n) is 8.72. The number of ketones is 2.